The Morgan fingerprint density at radius 3 is 2.89 bits per heavy atom. The minimum Gasteiger partial charge on any atom is -0.309 e. The molecule has 1 aliphatic heterocycles. The zero-order valence-corrected chi connectivity index (χ0v) is 12.2. The summed E-state index contributed by atoms with van der Waals surface area (Å²) in [6.45, 7) is 9.84. The molecule has 0 spiro atoms. The Labute approximate surface area is 116 Å². The lowest BCUT2D eigenvalue weighted by molar-refractivity contribution is 0.0939. The number of benzene rings is 1. The van der Waals surface area contributed by atoms with Gasteiger partial charge in [-0.1, -0.05) is 19.1 Å². The predicted molar refractivity (Wildman–Crippen MR) is 77.8 cm³/mol. The maximum Gasteiger partial charge on any atom is 0.123 e. The van der Waals surface area contributed by atoms with Crippen molar-refractivity contribution >= 4 is 0 Å². The standard InChI is InChI=1S/C16H25FN2/c1-4-15-11-18-16(2,3)12-19(15)9-8-13-6-5-7-14(17)10-13/h5-7,10,15,18H,4,8-9,11-12H2,1-3H3. The SMILES string of the molecule is CCC1CNC(C)(C)CN1CCc1cccc(F)c1. The second-order valence-corrected chi connectivity index (χ2v) is 6.18. The summed E-state index contributed by atoms with van der Waals surface area (Å²) in [5, 5.41) is 3.59. The minimum absolute atomic E-state index is 0.134. The van der Waals surface area contributed by atoms with Gasteiger partial charge in [-0.05, 0) is 44.4 Å². The fraction of sp³-hybridized carbons (Fsp3) is 0.625. The monoisotopic (exact) mass is 264 g/mol. The van der Waals surface area contributed by atoms with Crippen LogP contribution in [0.2, 0.25) is 0 Å². The smallest absolute Gasteiger partial charge is 0.123 e. The van der Waals surface area contributed by atoms with Gasteiger partial charge in [0.15, 0.2) is 0 Å². The maximum absolute atomic E-state index is 13.2. The lowest BCUT2D eigenvalue weighted by Gasteiger charge is -2.44. The number of nitrogens with zero attached hydrogens (tertiary/aromatic N) is 1. The summed E-state index contributed by atoms with van der Waals surface area (Å²) in [5.41, 5.74) is 1.26. The van der Waals surface area contributed by atoms with Crippen molar-refractivity contribution in [3.63, 3.8) is 0 Å². The van der Waals surface area contributed by atoms with Gasteiger partial charge in [0.1, 0.15) is 5.82 Å². The van der Waals surface area contributed by atoms with Crippen molar-refractivity contribution in [3.8, 4) is 0 Å². The van der Waals surface area contributed by atoms with E-state index >= 15 is 0 Å². The molecule has 1 saturated heterocycles. The van der Waals surface area contributed by atoms with Gasteiger partial charge in [-0.2, -0.15) is 0 Å². The first-order chi connectivity index (χ1) is 9.00. The highest BCUT2D eigenvalue weighted by Gasteiger charge is 2.30. The van der Waals surface area contributed by atoms with Gasteiger partial charge in [0, 0.05) is 31.2 Å². The van der Waals surface area contributed by atoms with Gasteiger partial charge in [0.05, 0.1) is 0 Å². The quantitative estimate of drug-likeness (QED) is 0.899. The maximum atomic E-state index is 13.2. The molecule has 1 aromatic rings. The molecule has 0 amide bonds. The van der Waals surface area contributed by atoms with Crippen LogP contribution in [0, 0.1) is 5.82 Å². The summed E-state index contributed by atoms with van der Waals surface area (Å²) in [5.74, 6) is -0.134. The van der Waals surface area contributed by atoms with Crippen LogP contribution < -0.4 is 5.32 Å². The number of nitrogens with one attached hydrogen (secondary N) is 1. The highest BCUT2D eigenvalue weighted by molar-refractivity contribution is 5.16. The van der Waals surface area contributed by atoms with Crippen LogP contribution in [0.5, 0.6) is 0 Å². The van der Waals surface area contributed by atoms with Gasteiger partial charge in [-0.25, -0.2) is 4.39 Å². The largest absolute Gasteiger partial charge is 0.309 e. The van der Waals surface area contributed by atoms with E-state index in [0.29, 0.717) is 6.04 Å². The second kappa shape index (κ2) is 6.02. The third-order valence-corrected chi connectivity index (χ3v) is 3.98. The summed E-state index contributed by atoms with van der Waals surface area (Å²) >= 11 is 0. The van der Waals surface area contributed by atoms with E-state index in [-0.39, 0.29) is 11.4 Å². The van der Waals surface area contributed by atoms with Crippen LogP contribution in [0.4, 0.5) is 4.39 Å². The molecule has 19 heavy (non-hydrogen) atoms. The molecule has 1 aliphatic rings. The molecule has 1 unspecified atom stereocenters. The number of hydrogen-bond acceptors (Lipinski definition) is 2. The van der Waals surface area contributed by atoms with Gasteiger partial charge in [0.2, 0.25) is 0 Å². The molecule has 2 nitrogen and oxygen atoms in total. The van der Waals surface area contributed by atoms with Crippen molar-refractivity contribution in [2.75, 3.05) is 19.6 Å². The molecule has 106 valence electrons. The van der Waals surface area contributed by atoms with E-state index < -0.39 is 0 Å². The second-order valence-electron chi connectivity index (χ2n) is 6.18. The molecule has 0 radical (unpaired) electrons. The number of halogens is 1. The van der Waals surface area contributed by atoms with Crippen LogP contribution in [-0.4, -0.2) is 36.1 Å². The van der Waals surface area contributed by atoms with E-state index in [4.69, 9.17) is 0 Å². The predicted octanol–water partition coefficient (Wildman–Crippen LogP) is 2.83. The van der Waals surface area contributed by atoms with Crippen LogP contribution in [0.3, 0.4) is 0 Å². The molecule has 1 N–H and O–H groups in total. The average molecular weight is 264 g/mol. The normalized spacial score (nSPS) is 23.5. The zero-order chi connectivity index (χ0) is 13.9. The molecule has 2 rings (SSSR count). The summed E-state index contributed by atoms with van der Waals surface area (Å²) < 4.78 is 13.2. The fourth-order valence-corrected chi connectivity index (χ4v) is 2.85. The van der Waals surface area contributed by atoms with E-state index in [1.807, 2.05) is 6.07 Å². The Balaban J connectivity index is 1.96. The molecular formula is C16H25FN2. The fourth-order valence-electron chi connectivity index (χ4n) is 2.85. The molecule has 1 heterocycles. The molecule has 1 aromatic carbocycles. The van der Waals surface area contributed by atoms with Gasteiger partial charge in [-0.15, -0.1) is 0 Å². The van der Waals surface area contributed by atoms with Crippen molar-refractivity contribution < 1.29 is 4.39 Å². The van der Waals surface area contributed by atoms with E-state index in [1.54, 1.807) is 12.1 Å². The number of rotatable bonds is 4. The van der Waals surface area contributed by atoms with E-state index in [0.717, 1.165) is 38.0 Å². The van der Waals surface area contributed by atoms with E-state index in [2.05, 4.69) is 31.0 Å². The molecular weight excluding hydrogens is 239 g/mol. The highest BCUT2D eigenvalue weighted by Crippen LogP contribution is 2.17. The van der Waals surface area contributed by atoms with Crippen molar-refractivity contribution in [1.29, 1.82) is 0 Å². The summed E-state index contributed by atoms with van der Waals surface area (Å²) in [4.78, 5) is 2.54. The Morgan fingerprint density at radius 1 is 1.42 bits per heavy atom. The highest BCUT2D eigenvalue weighted by atomic mass is 19.1. The third kappa shape index (κ3) is 4.02. The summed E-state index contributed by atoms with van der Waals surface area (Å²) in [6, 6.07) is 7.56. The van der Waals surface area contributed by atoms with Crippen LogP contribution in [-0.2, 0) is 6.42 Å². The van der Waals surface area contributed by atoms with Crippen LogP contribution >= 0.6 is 0 Å². The Hall–Kier alpha value is -0.930. The van der Waals surface area contributed by atoms with Crippen molar-refractivity contribution in [3.05, 3.63) is 35.6 Å². The van der Waals surface area contributed by atoms with Crippen LogP contribution in [0.1, 0.15) is 32.8 Å². The number of piperazine rings is 1. The van der Waals surface area contributed by atoms with Gasteiger partial charge >= 0.3 is 0 Å². The van der Waals surface area contributed by atoms with Crippen LogP contribution in [0.15, 0.2) is 24.3 Å². The third-order valence-electron chi connectivity index (χ3n) is 3.98. The molecule has 1 fully saturated rings. The lowest BCUT2D eigenvalue weighted by atomic mass is 9.97. The molecule has 1 atom stereocenters. The Kier molecular flexibility index (Phi) is 4.58. The van der Waals surface area contributed by atoms with Crippen molar-refractivity contribution in [2.45, 2.75) is 45.2 Å². The van der Waals surface area contributed by atoms with E-state index in [9.17, 15) is 4.39 Å². The van der Waals surface area contributed by atoms with Crippen molar-refractivity contribution in [1.82, 2.24) is 10.2 Å². The Morgan fingerprint density at radius 2 is 2.21 bits per heavy atom. The first-order valence-corrected chi connectivity index (χ1v) is 7.24. The van der Waals surface area contributed by atoms with Gasteiger partial charge < -0.3 is 5.32 Å². The number of hydrogen-bond donors (Lipinski definition) is 1. The van der Waals surface area contributed by atoms with Gasteiger partial charge in [-0.3, -0.25) is 4.90 Å². The lowest BCUT2D eigenvalue weighted by Crippen LogP contribution is -2.61. The molecule has 0 aromatic heterocycles. The summed E-state index contributed by atoms with van der Waals surface area (Å²) in [7, 11) is 0. The first-order valence-electron chi connectivity index (χ1n) is 7.24. The molecule has 0 saturated carbocycles. The molecule has 0 bridgehead atoms. The molecule has 0 aliphatic carbocycles. The van der Waals surface area contributed by atoms with E-state index in [1.165, 1.54) is 6.07 Å². The van der Waals surface area contributed by atoms with Crippen LogP contribution in [0.25, 0.3) is 0 Å². The average Bonchev–Trinajstić information content (AvgIpc) is 2.36. The van der Waals surface area contributed by atoms with Crippen molar-refractivity contribution in [2.24, 2.45) is 0 Å². The molecule has 3 heteroatoms. The first kappa shape index (κ1) is 14.5. The Bertz CT molecular complexity index is 417. The zero-order valence-electron chi connectivity index (χ0n) is 12.2. The summed E-state index contributed by atoms with van der Waals surface area (Å²) in [6.07, 6.45) is 2.08. The minimum atomic E-state index is -0.134. The topological polar surface area (TPSA) is 15.3 Å². The van der Waals surface area contributed by atoms with Gasteiger partial charge in [0.25, 0.3) is 0 Å².